The van der Waals surface area contributed by atoms with Gasteiger partial charge < -0.3 is 4.90 Å². The number of nitrogens with zero attached hydrogens (tertiary/aromatic N) is 1. The fourth-order valence-corrected chi connectivity index (χ4v) is 3.01. The van der Waals surface area contributed by atoms with Crippen LogP contribution in [-0.2, 0) is 4.79 Å². The normalized spacial score (nSPS) is 25.3. The molecule has 2 rings (SSSR count). The van der Waals surface area contributed by atoms with Crippen LogP contribution in [0.3, 0.4) is 0 Å². The maximum absolute atomic E-state index is 12.7. The van der Waals surface area contributed by atoms with E-state index in [0.29, 0.717) is 0 Å². The molecule has 0 spiro atoms. The second-order valence-electron chi connectivity index (χ2n) is 4.87. The number of halogens is 2. The first-order valence-electron chi connectivity index (χ1n) is 6.41. The molecule has 0 radical (unpaired) electrons. The number of hydrogen-bond acceptors (Lipinski definition) is 3. The second-order valence-corrected chi connectivity index (χ2v) is 5.65. The Hall–Kier alpha value is -1.01. The number of carbonyl (C=O) groups excluding carboxylic acids is 1. The smallest absolute Gasteiger partial charge is 0.255 e. The highest BCUT2D eigenvalue weighted by Gasteiger charge is 2.42. The van der Waals surface area contributed by atoms with E-state index in [-0.39, 0.29) is 17.9 Å². The fourth-order valence-electron chi connectivity index (χ4n) is 2.33. The summed E-state index contributed by atoms with van der Waals surface area (Å²) in [4.78, 5) is 13.5. The van der Waals surface area contributed by atoms with Crippen molar-refractivity contribution in [2.75, 3.05) is 6.54 Å². The summed E-state index contributed by atoms with van der Waals surface area (Å²) in [5.74, 6) is -0.0813. The Kier molecular flexibility index (Phi) is 4.52. The van der Waals surface area contributed by atoms with E-state index >= 15 is 0 Å². The monoisotopic (exact) mass is 288 g/mol. The third kappa shape index (κ3) is 2.95. The van der Waals surface area contributed by atoms with Gasteiger partial charge in [-0.3, -0.25) is 10.1 Å². The SMILES string of the molecule is CCC(C)C1NC(c2ccsc2)N(CC(F)F)C1=O. The van der Waals surface area contributed by atoms with Crippen molar-refractivity contribution in [2.45, 2.75) is 38.9 Å². The van der Waals surface area contributed by atoms with Crippen LogP contribution in [0.5, 0.6) is 0 Å². The molecular weight excluding hydrogens is 270 g/mol. The van der Waals surface area contributed by atoms with E-state index in [4.69, 9.17) is 0 Å². The molecule has 1 aliphatic heterocycles. The van der Waals surface area contributed by atoms with Crippen LogP contribution in [0.15, 0.2) is 16.8 Å². The number of alkyl halides is 2. The molecule has 1 aliphatic rings. The van der Waals surface area contributed by atoms with Crippen molar-refractivity contribution in [1.82, 2.24) is 10.2 Å². The van der Waals surface area contributed by atoms with Gasteiger partial charge in [0.1, 0.15) is 6.17 Å². The van der Waals surface area contributed by atoms with E-state index in [1.54, 1.807) is 0 Å². The zero-order valence-electron chi connectivity index (χ0n) is 11.0. The molecule has 1 amide bonds. The van der Waals surface area contributed by atoms with Crippen LogP contribution in [0, 0.1) is 5.92 Å². The predicted octanol–water partition coefficient (Wildman–Crippen LogP) is 2.86. The van der Waals surface area contributed by atoms with Crippen molar-refractivity contribution in [3.8, 4) is 0 Å². The molecule has 3 atom stereocenters. The van der Waals surface area contributed by atoms with Crippen LogP contribution in [0.4, 0.5) is 8.78 Å². The molecule has 0 aliphatic carbocycles. The van der Waals surface area contributed by atoms with Crippen molar-refractivity contribution in [1.29, 1.82) is 0 Å². The van der Waals surface area contributed by atoms with Gasteiger partial charge in [0, 0.05) is 0 Å². The van der Waals surface area contributed by atoms with Gasteiger partial charge in [0.05, 0.1) is 12.6 Å². The van der Waals surface area contributed by atoms with Gasteiger partial charge in [0.25, 0.3) is 6.43 Å². The first-order chi connectivity index (χ1) is 9.04. The van der Waals surface area contributed by atoms with Crippen LogP contribution < -0.4 is 5.32 Å². The van der Waals surface area contributed by atoms with E-state index in [0.717, 1.165) is 12.0 Å². The molecule has 2 heterocycles. The third-order valence-electron chi connectivity index (χ3n) is 3.60. The quantitative estimate of drug-likeness (QED) is 0.903. The molecule has 3 nitrogen and oxygen atoms in total. The van der Waals surface area contributed by atoms with E-state index in [1.807, 2.05) is 30.7 Å². The highest BCUT2D eigenvalue weighted by atomic mass is 32.1. The lowest BCUT2D eigenvalue weighted by Crippen LogP contribution is -2.37. The van der Waals surface area contributed by atoms with Crippen LogP contribution in [0.25, 0.3) is 0 Å². The Morgan fingerprint density at radius 2 is 2.26 bits per heavy atom. The predicted molar refractivity (Wildman–Crippen MR) is 71.2 cm³/mol. The van der Waals surface area contributed by atoms with Gasteiger partial charge >= 0.3 is 0 Å². The summed E-state index contributed by atoms with van der Waals surface area (Å²) < 4.78 is 25.3. The number of rotatable bonds is 5. The Bertz CT molecular complexity index is 424. The van der Waals surface area contributed by atoms with Crippen molar-refractivity contribution in [2.24, 2.45) is 5.92 Å². The summed E-state index contributed by atoms with van der Waals surface area (Å²) in [6.45, 7) is 3.44. The average Bonchev–Trinajstić information content (AvgIpc) is 2.98. The zero-order valence-corrected chi connectivity index (χ0v) is 11.8. The molecule has 1 fully saturated rings. The molecular formula is C13H18F2N2OS. The van der Waals surface area contributed by atoms with E-state index in [9.17, 15) is 13.6 Å². The summed E-state index contributed by atoms with van der Waals surface area (Å²) in [5.41, 5.74) is 0.879. The molecule has 1 aromatic rings. The molecule has 1 N–H and O–H groups in total. The molecule has 1 saturated heterocycles. The number of amides is 1. The standard InChI is InChI=1S/C13H18F2N2OS/c1-3-8(2)11-13(18)17(6-10(14)15)12(16-11)9-4-5-19-7-9/h4-5,7-8,10-12,16H,3,6H2,1-2H3. The summed E-state index contributed by atoms with van der Waals surface area (Å²) in [7, 11) is 0. The number of thiophene rings is 1. The second kappa shape index (κ2) is 5.96. The van der Waals surface area contributed by atoms with Gasteiger partial charge in [-0.2, -0.15) is 11.3 Å². The topological polar surface area (TPSA) is 32.3 Å². The van der Waals surface area contributed by atoms with Crippen molar-refractivity contribution in [3.63, 3.8) is 0 Å². The summed E-state index contributed by atoms with van der Waals surface area (Å²) >= 11 is 1.50. The summed E-state index contributed by atoms with van der Waals surface area (Å²) in [6, 6.07) is 1.50. The van der Waals surface area contributed by atoms with Crippen molar-refractivity contribution in [3.05, 3.63) is 22.4 Å². The van der Waals surface area contributed by atoms with Gasteiger partial charge in [0.2, 0.25) is 5.91 Å². The van der Waals surface area contributed by atoms with Gasteiger partial charge in [-0.05, 0) is 28.3 Å². The maximum Gasteiger partial charge on any atom is 0.255 e. The van der Waals surface area contributed by atoms with Crippen molar-refractivity contribution >= 4 is 17.2 Å². The number of carbonyl (C=O) groups is 1. The van der Waals surface area contributed by atoms with Crippen LogP contribution in [0.2, 0.25) is 0 Å². The lowest BCUT2D eigenvalue weighted by molar-refractivity contribution is -0.132. The Morgan fingerprint density at radius 1 is 1.53 bits per heavy atom. The molecule has 0 bridgehead atoms. The Balaban J connectivity index is 2.22. The number of hydrogen-bond donors (Lipinski definition) is 1. The molecule has 6 heteroatoms. The van der Waals surface area contributed by atoms with Crippen LogP contribution >= 0.6 is 11.3 Å². The lowest BCUT2D eigenvalue weighted by Gasteiger charge is -2.23. The largest absolute Gasteiger partial charge is 0.316 e. The third-order valence-corrected chi connectivity index (χ3v) is 4.31. The maximum atomic E-state index is 12.7. The molecule has 106 valence electrons. The minimum Gasteiger partial charge on any atom is -0.316 e. The van der Waals surface area contributed by atoms with E-state index < -0.39 is 19.1 Å². The van der Waals surface area contributed by atoms with E-state index in [1.165, 1.54) is 16.2 Å². The summed E-state index contributed by atoms with van der Waals surface area (Å²) in [5, 5.41) is 6.98. The fraction of sp³-hybridized carbons (Fsp3) is 0.615. The van der Waals surface area contributed by atoms with Gasteiger partial charge in [-0.1, -0.05) is 20.3 Å². The Morgan fingerprint density at radius 3 is 2.79 bits per heavy atom. The first-order valence-corrected chi connectivity index (χ1v) is 7.35. The first kappa shape index (κ1) is 14.4. The van der Waals surface area contributed by atoms with Crippen LogP contribution in [-0.4, -0.2) is 29.8 Å². The van der Waals surface area contributed by atoms with Crippen molar-refractivity contribution < 1.29 is 13.6 Å². The molecule has 3 unspecified atom stereocenters. The highest BCUT2D eigenvalue weighted by Crippen LogP contribution is 2.30. The highest BCUT2D eigenvalue weighted by molar-refractivity contribution is 7.07. The molecule has 19 heavy (non-hydrogen) atoms. The minimum atomic E-state index is -2.51. The molecule has 1 aromatic heterocycles. The zero-order chi connectivity index (χ0) is 14.0. The van der Waals surface area contributed by atoms with Gasteiger partial charge in [-0.25, -0.2) is 8.78 Å². The average molecular weight is 288 g/mol. The van der Waals surface area contributed by atoms with Gasteiger partial charge in [0.15, 0.2) is 0 Å². The molecule has 0 saturated carbocycles. The lowest BCUT2D eigenvalue weighted by atomic mass is 9.99. The number of nitrogens with one attached hydrogen (secondary N) is 1. The van der Waals surface area contributed by atoms with Gasteiger partial charge in [-0.15, -0.1) is 0 Å². The summed E-state index contributed by atoms with van der Waals surface area (Å²) in [6.07, 6.45) is -2.10. The Labute approximate surface area is 115 Å². The molecule has 0 aromatic carbocycles. The van der Waals surface area contributed by atoms with E-state index in [2.05, 4.69) is 5.32 Å². The van der Waals surface area contributed by atoms with Crippen LogP contribution in [0.1, 0.15) is 32.0 Å². The minimum absolute atomic E-state index is 0.135.